The van der Waals surface area contributed by atoms with Crippen molar-refractivity contribution in [1.82, 2.24) is 4.90 Å². The van der Waals surface area contributed by atoms with Crippen molar-refractivity contribution in [2.24, 2.45) is 5.73 Å². The molecule has 0 spiro atoms. The lowest BCUT2D eigenvalue weighted by Crippen LogP contribution is -2.36. The molecule has 13 nitrogen and oxygen atoms in total. The van der Waals surface area contributed by atoms with Crippen molar-refractivity contribution in [2.75, 3.05) is 25.6 Å². The minimum absolute atomic E-state index is 0.00883. The molecule has 6 N–H and O–H groups in total. The predicted molar refractivity (Wildman–Crippen MR) is 151 cm³/mol. The molecule has 2 aromatic rings. The lowest BCUT2D eigenvalue weighted by atomic mass is 10.1. The first-order chi connectivity index (χ1) is 18.3. The van der Waals surface area contributed by atoms with Gasteiger partial charge in [0.1, 0.15) is 24.7 Å². The number of nitrogens with one attached hydrogen (secondary N) is 1. The first-order valence-corrected chi connectivity index (χ1v) is 14.8. The molecule has 2 rings (SSSR count). The van der Waals surface area contributed by atoms with Crippen LogP contribution in [0.5, 0.6) is 5.75 Å². The number of rotatable bonds is 10. The van der Waals surface area contributed by atoms with Gasteiger partial charge in [0, 0.05) is 17.7 Å². The largest absolute Gasteiger partial charge is 0.489 e. The molecule has 0 fully saturated rings. The Bertz CT molecular complexity index is 1360. The predicted octanol–water partition coefficient (Wildman–Crippen LogP) is 2.06. The number of nitrogen functional groups attached to an aromatic ring is 1. The number of nitrogens with zero attached hydrogens (tertiary/aromatic N) is 1. The summed E-state index contributed by atoms with van der Waals surface area (Å²) in [6.07, 6.45) is 4.64. The van der Waals surface area contributed by atoms with Crippen molar-refractivity contribution < 1.29 is 45.4 Å². The number of hydrogen-bond acceptors (Lipinski definition) is 8. The average Bonchev–Trinajstić information content (AvgIpc) is 2.80. The number of carboxylic acids is 1. The van der Waals surface area contributed by atoms with Gasteiger partial charge in [0.15, 0.2) is 0 Å². The van der Waals surface area contributed by atoms with Crippen molar-refractivity contribution in [3.8, 4) is 5.75 Å². The van der Waals surface area contributed by atoms with Crippen LogP contribution in [-0.4, -0.2) is 79.3 Å². The standard InChI is InChI=1S/C23H25N3O4.2CH4O3S/c1-3-12-26(14-21(27)28)23(29)16(2)13-17-4-6-18(7-5-17)15-30-20-10-8-19(9-11-20)22(24)25;2*1-5(2,3)4/h3-11,13H,1,12,14-15H2,2H3,(H3,24,25)(H,27,28);2*1H3,(H,2,3,4)/b16-13+;;. The molecule has 0 bridgehead atoms. The molecule has 1 amide bonds. The molecule has 2 aromatic carbocycles. The van der Waals surface area contributed by atoms with Crippen LogP contribution in [0.1, 0.15) is 23.6 Å². The van der Waals surface area contributed by atoms with E-state index in [0.29, 0.717) is 36.0 Å². The van der Waals surface area contributed by atoms with E-state index in [2.05, 4.69) is 6.58 Å². The molecule has 0 saturated heterocycles. The van der Waals surface area contributed by atoms with E-state index in [9.17, 15) is 26.4 Å². The summed E-state index contributed by atoms with van der Waals surface area (Å²) in [7, 11) is -7.33. The Kier molecular flexibility index (Phi) is 15.1. The third-order valence-corrected chi connectivity index (χ3v) is 4.23. The third kappa shape index (κ3) is 19.1. The van der Waals surface area contributed by atoms with Crippen LogP contribution in [0.25, 0.3) is 6.08 Å². The Hall–Kier alpha value is -4.05. The molecule has 0 aliphatic heterocycles. The molecule has 0 aromatic heterocycles. The lowest BCUT2D eigenvalue weighted by Gasteiger charge is -2.19. The second-order valence-corrected chi connectivity index (χ2v) is 11.1. The van der Waals surface area contributed by atoms with Crippen LogP contribution in [0, 0.1) is 5.41 Å². The molecule has 0 unspecified atom stereocenters. The van der Waals surface area contributed by atoms with E-state index in [0.717, 1.165) is 11.1 Å². The number of ether oxygens (including phenoxy) is 1. The van der Waals surface area contributed by atoms with E-state index in [1.165, 1.54) is 11.0 Å². The van der Waals surface area contributed by atoms with Gasteiger partial charge in [-0.3, -0.25) is 24.1 Å². The van der Waals surface area contributed by atoms with Crippen LogP contribution in [0.2, 0.25) is 0 Å². The van der Waals surface area contributed by atoms with Crippen LogP contribution in [0.15, 0.2) is 66.8 Å². The SMILES string of the molecule is C=CCN(CC(=O)O)C(=O)/C(C)=C/c1ccc(COc2ccc(C(=N)N)cc2)cc1.CS(=O)(=O)O.CS(=O)(=O)O. The molecular formula is C25H33N3O10S2. The zero-order valence-electron chi connectivity index (χ0n) is 22.1. The highest BCUT2D eigenvalue weighted by Gasteiger charge is 2.16. The quantitative estimate of drug-likeness (QED) is 0.0873. The van der Waals surface area contributed by atoms with E-state index in [4.69, 9.17) is 30.1 Å². The van der Waals surface area contributed by atoms with Crippen LogP contribution in [0.3, 0.4) is 0 Å². The fourth-order valence-electron chi connectivity index (χ4n) is 2.71. The number of carbonyl (C=O) groups excluding carboxylic acids is 1. The maximum absolute atomic E-state index is 12.5. The Morgan fingerprint density at radius 2 is 1.48 bits per heavy atom. The number of aliphatic carboxylic acids is 1. The van der Waals surface area contributed by atoms with Gasteiger partial charge in [0.2, 0.25) is 5.91 Å². The van der Waals surface area contributed by atoms with Gasteiger partial charge in [-0.05, 0) is 48.4 Å². The molecule has 15 heteroatoms. The molecule has 0 aliphatic rings. The summed E-state index contributed by atoms with van der Waals surface area (Å²) in [6, 6.07) is 14.5. The van der Waals surface area contributed by atoms with Crippen LogP contribution in [0.4, 0.5) is 0 Å². The van der Waals surface area contributed by atoms with Crippen molar-refractivity contribution in [2.45, 2.75) is 13.5 Å². The van der Waals surface area contributed by atoms with Gasteiger partial charge in [0.05, 0.1) is 12.5 Å². The second kappa shape index (κ2) is 16.8. The summed E-state index contributed by atoms with van der Waals surface area (Å²) >= 11 is 0. The summed E-state index contributed by atoms with van der Waals surface area (Å²) in [5.41, 5.74) is 8.28. The van der Waals surface area contributed by atoms with Gasteiger partial charge in [-0.2, -0.15) is 16.8 Å². The number of carboxylic acid groups (broad SMARTS) is 1. The summed E-state index contributed by atoms with van der Waals surface area (Å²) < 4.78 is 57.5. The number of amides is 1. The number of carbonyl (C=O) groups is 2. The van der Waals surface area contributed by atoms with Gasteiger partial charge < -0.3 is 20.5 Å². The molecule has 0 saturated carbocycles. The fraction of sp³-hybridized carbons (Fsp3) is 0.240. The van der Waals surface area contributed by atoms with Crippen molar-refractivity contribution in [1.29, 1.82) is 5.41 Å². The Morgan fingerprint density at radius 1 is 1.00 bits per heavy atom. The normalized spacial score (nSPS) is 11.1. The molecule has 0 radical (unpaired) electrons. The van der Waals surface area contributed by atoms with Crippen molar-refractivity contribution >= 4 is 44.0 Å². The van der Waals surface area contributed by atoms with E-state index in [1.807, 2.05) is 24.3 Å². The van der Waals surface area contributed by atoms with Gasteiger partial charge >= 0.3 is 5.97 Å². The van der Waals surface area contributed by atoms with Crippen LogP contribution >= 0.6 is 0 Å². The summed E-state index contributed by atoms with van der Waals surface area (Å²) in [5, 5.41) is 16.3. The summed E-state index contributed by atoms with van der Waals surface area (Å²) in [6.45, 7) is 5.38. The summed E-state index contributed by atoms with van der Waals surface area (Å²) in [5.74, 6) is -0.738. The maximum Gasteiger partial charge on any atom is 0.323 e. The highest BCUT2D eigenvalue weighted by molar-refractivity contribution is 7.85. The zero-order valence-corrected chi connectivity index (χ0v) is 23.8. The minimum Gasteiger partial charge on any atom is -0.489 e. The monoisotopic (exact) mass is 599 g/mol. The van der Waals surface area contributed by atoms with E-state index >= 15 is 0 Å². The second-order valence-electron chi connectivity index (χ2n) is 8.13. The molecule has 220 valence electrons. The Labute approximate surface area is 233 Å². The average molecular weight is 600 g/mol. The zero-order chi connectivity index (χ0) is 31.1. The van der Waals surface area contributed by atoms with Gasteiger partial charge in [-0.1, -0.05) is 30.3 Å². The number of benzene rings is 2. The maximum atomic E-state index is 12.5. The van der Waals surface area contributed by atoms with Gasteiger partial charge in [-0.25, -0.2) is 0 Å². The molecule has 0 atom stereocenters. The van der Waals surface area contributed by atoms with Crippen molar-refractivity contribution in [3.63, 3.8) is 0 Å². The first kappa shape index (κ1) is 35.9. The number of hydrogen-bond donors (Lipinski definition) is 5. The summed E-state index contributed by atoms with van der Waals surface area (Å²) in [4.78, 5) is 24.6. The van der Waals surface area contributed by atoms with E-state index < -0.39 is 26.2 Å². The van der Waals surface area contributed by atoms with E-state index in [1.54, 1.807) is 37.3 Å². The van der Waals surface area contributed by atoms with Gasteiger partial charge in [-0.15, -0.1) is 6.58 Å². The third-order valence-electron chi connectivity index (χ3n) is 4.23. The van der Waals surface area contributed by atoms with Crippen molar-refractivity contribution in [3.05, 3.63) is 83.4 Å². The lowest BCUT2D eigenvalue weighted by molar-refractivity contribution is -0.142. The minimum atomic E-state index is -3.67. The molecular weight excluding hydrogens is 566 g/mol. The molecule has 0 aliphatic carbocycles. The fourth-order valence-corrected chi connectivity index (χ4v) is 2.71. The number of amidine groups is 1. The Morgan fingerprint density at radius 3 is 1.88 bits per heavy atom. The highest BCUT2D eigenvalue weighted by Crippen LogP contribution is 2.16. The molecule has 40 heavy (non-hydrogen) atoms. The first-order valence-electron chi connectivity index (χ1n) is 11.1. The topological polar surface area (TPSA) is 225 Å². The smallest absolute Gasteiger partial charge is 0.323 e. The highest BCUT2D eigenvalue weighted by atomic mass is 32.2. The van der Waals surface area contributed by atoms with E-state index in [-0.39, 0.29) is 24.8 Å². The van der Waals surface area contributed by atoms with Crippen LogP contribution < -0.4 is 10.5 Å². The van der Waals surface area contributed by atoms with Crippen LogP contribution in [-0.2, 0) is 36.4 Å². The van der Waals surface area contributed by atoms with Gasteiger partial charge in [0.25, 0.3) is 20.2 Å². The Balaban J connectivity index is 0.00000130. The number of nitrogens with two attached hydrogens (primary N) is 1. The molecule has 0 heterocycles.